The summed E-state index contributed by atoms with van der Waals surface area (Å²) in [6.45, 7) is 6.28. The fraction of sp³-hybridized carbons (Fsp3) is 0.241. The van der Waals surface area contributed by atoms with E-state index in [9.17, 15) is 9.59 Å². The molecule has 1 fully saturated rings. The third-order valence-corrected chi connectivity index (χ3v) is 6.43. The van der Waals surface area contributed by atoms with Crippen LogP contribution in [0.25, 0.3) is 17.3 Å². The second kappa shape index (κ2) is 10.7. The lowest BCUT2D eigenvalue weighted by Crippen LogP contribution is -2.50. The van der Waals surface area contributed by atoms with Crippen molar-refractivity contribution < 1.29 is 14.1 Å². The van der Waals surface area contributed by atoms with Crippen LogP contribution in [0.15, 0.2) is 77.5 Å². The van der Waals surface area contributed by atoms with Crippen LogP contribution >= 0.6 is 0 Å². The maximum absolute atomic E-state index is 13.0. The number of carbonyl (C=O) groups is 2. The number of aryl methyl sites for hydroxylation is 2. The van der Waals surface area contributed by atoms with Gasteiger partial charge in [-0.15, -0.1) is 0 Å². The minimum Gasteiger partial charge on any atom is -0.351 e. The van der Waals surface area contributed by atoms with Crippen molar-refractivity contribution in [2.75, 3.05) is 26.2 Å². The van der Waals surface area contributed by atoms with Crippen molar-refractivity contribution in [1.82, 2.24) is 24.7 Å². The zero-order valence-electron chi connectivity index (χ0n) is 21.0. The van der Waals surface area contributed by atoms with Crippen LogP contribution in [-0.2, 0) is 11.3 Å². The van der Waals surface area contributed by atoms with Crippen molar-refractivity contribution >= 4 is 17.9 Å². The highest BCUT2D eigenvalue weighted by atomic mass is 16.5. The number of aromatic nitrogens is 3. The van der Waals surface area contributed by atoms with Crippen molar-refractivity contribution in [3.8, 4) is 11.3 Å². The van der Waals surface area contributed by atoms with E-state index in [0.717, 1.165) is 22.4 Å². The molecule has 0 saturated carbocycles. The van der Waals surface area contributed by atoms with Gasteiger partial charge >= 0.3 is 0 Å². The molecule has 37 heavy (non-hydrogen) atoms. The molecule has 0 bridgehead atoms. The summed E-state index contributed by atoms with van der Waals surface area (Å²) < 4.78 is 7.00. The van der Waals surface area contributed by atoms with Crippen LogP contribution in [0.1, 0.15) is 32.9 Å². The van der Waals surface area contributed by atoms with Crippen LogP contribution in [0.5, 0.6) is 0 Å². The summed E-state index contributed by atoms with van der Waals surface area (Å²) in [5.41, 5.74) is 5.70. The highest BCUT2D eigenvalue weighted by molar-refractivity contribution is 5.94. The molecule has 2 aromatic carbocycles. The Labute approximate surface area is 215 Å². The van der Waals surface area contributed by atoms with Gasteiger partial charge in [-0.25, -0.2) is 0 Å². The van der Waals surface area contributed by atoms with E-state index in [1.165, 1.54) is 5.56 Å². The first-order chi connectivity index (χ1) is 18.0. The molecular weight excluding hydrogens is 466 g/mol. The second-order valence-corrected chi connectivity index (χ2v) is 9.27. The largest absolute Gasteiger partial charge is 0.351 e. The molecule has 0 aliphatic carbocycles. The molecule has 3 heterocycles. The number of amides is 2. The van der Waals surface area contributed by atoms with Gasteiger partial charge in [0.25, 0.3) is 5.91 Å². The lowest BCUT2D eigenvalue weighted by molar-refractivity contribution is -0.127. The summed E-state index contributed by atoms with van der Waals surface area (Å²) in [7, 11) is 0. The Hall–Kier alpha value is -4.46. The Morgan fingerprint density at radius 3 is 2.32 bits per heavy atom. The highest BCUT2D eigenvalue weighted by Gasteiger charge is 2.26. The lowest BCUT2D eigenvalue weighted by atomic mass is 10.1. The van der Waals surface area contributed by atoms with E-state index in [4.69, 9.17) is 9.62 Å². The third-order valence-electron chi connectivity index (χ3n) is 6.43. The van der Waals surface area contributed by atoms with Gasteiger partial charge in [-0.1, -0.05) is 65.3 Å². The number of carbonyl (C=O) groups excluding carboxylic acids is 2. The molecule has 5 rings (SSSR count). The van der Waals surface area contributed by atoms with Crippen LogP contribution in [0.3, 0.4) is 0 Å². The van der Waals surface area contributed by atoms with Gasteiger partial charge in [-0.2, -0.15) is 5.10 Å². The van der Waals surface area contributed by atoms with Crippen LogP contribution in [0, 0.1) is 13.8 Å². The topological polar surface area (TPSA) is 84.5 Å². The molecule has 0 N–H and O–H groups in total. The Kier molecular flexibility index (Phi) is 6.98. The van der Waals surface area contributed by atoms with E-state index in [1.54, 1.807) is 28.9 Å². The van der Waals surface area contributed by atoms with Crippen molar-refractivity contribution in [3.63, 3.8) is 0 Å². The Morgan fingerprint density at radius 2 is 1.65 bits per heavy atom. The molecule has 0 atom stereocenters. The molecule has 4 aromatic rings. The summed E-state index contributed by atoms with van der Waals surface area (Å²) in [5, 5.41) is 8.62. The first-order valence-corrected chi connectivity index (χ1v) is 12.3. The van der Waals surface area contributed by atoms with Gasteiger partial charge in [-0.05, 0) is 25.5 Å². The third kappa shape index (κ3) is 5.69. The van der Waals surface area contributed by atoms with E-state index in [1.807, 2.05) is 35.2 Å². The smallest absolute Gasteiger partial charge is 0.292 e. The number of piperazine rings is 1. The molecule has 8 heteroatoms. The van der Waals surface area contributed by atoms with Gasteiger partial charge in [0.2, 0.25) is 11.7 Å². The average molecular weight is 496 g/mol. The lowest BCUT2D eigenvalue weighted by Gasteiger charge is -2.33. The monoisotopic (exact) mass is 495 g/mol. The van der Waals surface area contributed by atoms with Crippen molar-refractivity contribution in [3.05, 3.63) is 101 Å². The molecule has 1 saturated heterocycles. The molecule has 0 radical (unpaired) electrons. The fourth-order valence-electron chi connectivity index (χ4n) is 4.36. The van der Waals surface area contributed by atoms with Gasteiger partial charge in [0, 0.05) is 55.6 Å². The van der Waals surface area contributed by atoms with E-state index < -0.39 is 0 Å². The maximum Gasteiger partial charge on any atom is 0.292 e. The molecule has 2 amide bonds. The number of hydrogen-bond donors (Lipinski definition) is 0. The molecule has 1 aliphatic heterocycles. The Balaban J connectivity index is 1.29. The molecule has 0 spiro atoms. The maximum atomic E-state index is 13.0. The molecule has 0 unspecified atom stereocenters. The Morgan fingerprint density at radius 1 is 0.946 bits per heavy atom. The Bertz CT molecular complexity index is 1410. The van der Waals surface area contributed by atoms with E-state index in [0.29, 0.717) is 38.4 Å². The van der Waals surface area contributed by atoms with Crippen molar-refractivity contribution in [1.29, 1.82) is 0 Å². The number of hydrogen-bond acceptors (Lipinski definition) is 5. The minimum atomic E-state index is -0.197. The van der Waals surface area contributed by atoms with E-state index in [2.05, 4.69) is 48.5 Å². The number of nitrogens with zero attached hydrogens (tertiary/aromatic N) is 5. The zero-order chi connectivity index (χ0) is 25.8. The normalized spacial score (nSPS) is 13.9. The van der Waals surface area contributed by atoms with Gasteiger partial charge in [0.05, 0.1) is 17.9 Å². The summed E-state index contributed by atoms with van der Waals surface area (Å²) >= 11 is 0. The molecule has 188 valence electrons. The highest BCUT2D eigenvalue weighted by Crippen LogP contribution is 2.24. The summed E-state index contributed by atoms with van der Waals surface area (Å²) in [6, 6.07) is 20.0. The predicted octanol–water partition coefficient (Wildman–Crippen LogP) is 4.20. The number of benzene rings is 2. The molecule has 2 aromatic heterocycles. The summed E-state index contributed by atoms with van der Waals surface area (Å²) in [4.78, 5) is 29.0. The summed E-state index contributed by atoms with van der Waals surface area (Å²) in [5.74, 6) is -0.0570. The van der Waals surface area contributed by atoms with Crippen molar-refractivity contribution in [2.45, 2.75) is 20.4 Å². The predicted molar refractivity (Wildman–Crippen MR) is 141 cm³/mol. The quantitative estimate of drug-likeness (QED) is 0.374. The molecular formula is C29H29N5O3. The molecule has 8 nitrogen and oxygen atoms in total. The van der Waals surface area contributed by atoms with Gasteiger partial charge < -0.3 is 14.3 Å². The van der Waals surface area contributed by atoms with Crippen LogP contribution in [0.4, 0.5) is 0 Å². The van der Waals surface area contributed by atoms with E-state index in [-0.39, 0.29) is 17.6 Å². The zero-order valence-corrected chi connectivity index (χ0v) is 21.0. The summed E-state index contributed by atoms with van der Waals surface area (Å²) in [6.07, 6.45) is 5.40. The first kappa shape index (κ1) is 24.2. The van der Waals surface area contributed by atoms with Crippen LogP contribution in [-0.4, -0.2) is 62.7 Å². The van der Waals surface area contributed by atoms with Gasteiger partial charge in [-0.3, -0.25) is 14.3 Å². The first-order valence-electron chi connectivity index (χ1n) is 12.3. The minimum absolute atomic E-state index is 0.0896. The molecule has 1 aliphatic rings. The van der Waals surface area contributed by atoms with Crippen LogP contribution < -0.4 is 0 Å². The standard InChI is InChI=1S/C29H29N5O3/c1-21-8-10-24(11-9-21)28-25(20-34(30-28)19-23-6-4-3-5-7-23)12-13-27(35)32-14-16-33(17-15-32)29(36)26-18-22(2)31-37-26/h3-13,18,20H,14-17,19H2,1-2H3/b13-12+. The second-order valence-electron chi connectivity index (χ2n) is 9.27. The number of rotatable bonds is 6. The van der Waals surface area contributed by atoms with Crippen molar-refractivity contribution in [2.24, 2.45) is 0 Å². The van der Waals surface area contributed by atoms with E-state index >= 15 is 0 Å². The fourth-order valence-corrected chi connectivity index (χ4v) is 4.36. The average Bonchev–Trinajstić information content (AvgIpc) is 3.54. The van der Waals surface area contributed by atoms with Gasteiger partial charge in [0.1, 0.15) is 0 Å². The van der Waals surface area contributed by atoms with Gasteiger partial charge in [0.15, 0.2) is 0 Å². The SMILES string of the molecule is Cc1ccc(-c2nn(Cc3ccccc3)cc2/C=C/C(=O)N2CCN(C(=O)c3cc(C)no3)CC2)cc1. The van der Waals surface area contributed by atoms with Crippen LogP contribution in [0.2, 0.25) is 0 Å².